The molecule has 1 unspecified atom stereocenters. The van der Waals surface area contributed by atoms with Crippen LogP contribution in [0.2, 0.25) is 0 Å². The number of likely N-dealkylation sites (tertiary alicyclic amines) is 1. The molecular formula is C23H32N4O3S. The Labute approximate surface area is 185 Å². The highest BCUT2D eigenvalue weighted by Crippen LogP contribution is 2.23. The average molecular weight is 445 g/mol. The normalized spacial score (nSPS) is 16.8. The quantitative estimate of drug-likeness (QED) is 0.683. The van der Waals surface area contributed by atoms with Gasteiger partial charge in [-0.15, -0.1) is 0 Å². The number of rotatable bonds is 7. The van der Waals surface area contributed by atoms with E-state index in [0.717, 1.165) is 37.9 Å². The van der Waals surface area contributed by atoms with Crippen molar-refractivity contribution in [3.8, 4) is 0 Å². The van der Waals surface area contributed by atoms with Crippen LogP contribution in [-0.2, 0) is 10.0 Å². The molecule has 1 aliphatic rings. The predicted molar refractivity (Wildman–Crippen MR) is 124 cm³/mol. The van der Waals surface area contributed by atoms with Crippen LogP contribution in [-0.4, -0.2) is 56.9 Å². The molecule has 31 heavy (non-hydrogen) atoms. The van der Waals surface area contributed by atoms with Crippen molar-refractivity contribution in [3.05, 3.63) is 60.2 Å². The number of amides is 2. The molecule has 2 amide bonds. The molecule has 1 atom stereocenters. The third-order valence-electron chi connectivity index (χ3n) is 5.91. The van der Waals surface area contributed by atoms with Gasteiger partial charge in [-0.3, -0.25) is 0 Å². The molecule has 2 aromatic carbocycles. The Kier molecular flexibility index (Phi) is 7.69. The van der Waals surface area contributed by atoms with E-state index in [4.69, 9.17) is 0 Å². The summed E-state index contributed by atoms with van der Waals surface area (Å²) >= 11 is 0. The van der Waals surface area contributed by atoms with Crippen LogP contribution in [0.5, 0.6) is 0 Å². The fraction of sp³-hybridized carbons (Fsp3) is 0.435. The standard InChI is InChI=1S/C23H32N4O3S/c1-4-22(18-8-6-5-7-9-18)25-23(28)24-19-10-12-21(13-11-19)31(29,30)27(3)20-14-16-26(2)17-15-20/h5-13,20,22H,4,14-17H2,1-3H3,(H2,24,25,28). The van der Waals surface area contributed by atoms with E-state index >= 15 is 0 Å². The molecule has 8 heteroatoms. The Morgan fingerprint density at radius 3 is 2.29 bits per heavy atom. The molecule has 7 nitrogen and oxygen atoms in total. The second-order valence-electron chi connectivity index (χ2n) is 8.05. The minimum atomic E-state index is -3.57. The Bertz CT molecular complexity index is 956. The van der Waals surface area contributed by atoms with Gasteiger partial charge in [-0.25, -0.2) is 13.2 Å². The number of hydrogen-bond acceptors (Lipinski definition) is 4. The number of urea groups is 1. The zero-order chi connectivity index (χ0) is 22.4. The molecule has 0 aliphatic carbocycles. The van der Waals surface area contributed by atoms with Crippen molar-refractivity contribution >= 4 is 21.7 Å². The SMILES string of the molecule is CCC(NC(=O)Nc1ccc(S(=O)(=O)N(C)C2CCN(C)CC2)cc1)c1ccccc1. The number of nitrogens with one attached hydrogen (secondary N) is 2. The highest BCUT2D eigenvalue weighted by Gasteiger charge is 2.30. The summed E-state index contributed by atoms with van der Waals surface area (Å²) in [5.74, 6) is 0. The number of carbonyl (C=O) groups excluding carboxylic acids is 1. The summed E-state index contributed by atoms with van der Waals surface area (Å²) < 4.78 is 27.5. The molecule has 3 rings (SSSR count). The second-order valence-corrected chi connectivity index (χ2v) is 10.0. The minimum Gasteiger partial charge on any atom is -0.331 e. The van der Waals surface area contributed by atoms with E-state index in [9.17, 15) is 13.2 Å². The van der Waals surface area contributed by atoms with Crippen molar-refractivity contribution < 1.29 is 13.2 Å². The van der Waals surface area contributed by atoms with Crippen LogP contribution < -0.4 is 10.6 Å². The molecule has 0 bridgehead atoms. The first kappa shape index (κ1) is 23.2. The first-order chi connectivity index (χ1) is 14.8. The Balaban J connectivity index is 1.62. The zero-order valence-electron chi connectivity index (χ0n) is 18.4. The van der Waals surface area contributed by atoms with Gasteiger partial charge in [-0.1, -0.05) is 37.3 Å². The van der Waals surface area contributed by atoms with Crippen LogP contribution in [0.25, 0.3) is 0 Å². The van der Waals surface area contributed by atoms with Gasteiger partial charge in [0.2, 0.25) is 10.0 Å². The fourth-order valence-corrected chi connectivity index (χ4v) is 5.28. The molecule has 0 spiro atoms. The molecule has 1 saturated heterocycles. The lowest BCUT2D eigenvalue weighted by molar-refractivity contribution is 0.197. The van der Waals surface area contributed by atoms with Gasteiger partial charge >= 0.3 is 6.03 Å². The lowest BCUT2D eigenvalue weighted by Gasteiger charge is -2.34. The molecule has 0 aromatic heterocycles. The molecule has 2 aromatic rings. The largest absolute Gasteiger partial charge is 0.331 e. The molecule has 0 saturated carbocycles. The maximum Gasteiger partial charge on any atom is 0.319 e. The third kappa shape index (κ3) is 5.84. The Morgan fingerprint density at radius 1 is 1.10 bits per heavy atom. The fourth-order valence-electron chi connectivity index (χ4n) is 3.86. The topological polar surface area (TPSA) is 81.8 Å². The van der Waals surface area contributed by atoms with Gasteiger partial charge in [-0.05, 0) is 69.2 Å². The predicted octanol–water partition coefficient (Wildman–Crippen LogP) is 3.67. The van der Waals surface area contributed by atoms with Crippen molar-refractivity contribution in [1.29, 1.82) is 0 Å². The highest BCUT2D eigenvalue weighted by atomic mass is 32.2. The molecule has 1 fully saturated rings. The minimum absolute atomic E-state index is 0.00810. The van der Waals surface area contributed by atoms with Gasteiger partial charge in [0.25, 0.3) is 0 Å². The van der Waals surface area contributed by atoms with E-state index in [1.54, 1.807) is 31.3 Å². The van der Waals surface area contributed by atoms with E-state index < -0.39 is 10.0 Å². The van der Waals surface area contributed by atoms with E-state index in [1.165, 1.54) is 4.31 Å². The lowest BCUT2D eigenvalue weighted by Crippen LogP contribution is -2.44. The number of nitrogens with zero attached hydrogens (tertiary/aromatic N) is 2. The van der Waals surface area contributed by atoms with Gasteiger partial charge < -0.3 is 15.5 Å². The van der Waals surface area contributed by atoms with Crippen LogP contribution in [0.3, 0.4) is 0 Å². The van der Waals surface area contributed by atoms with E-state index in [2.05, 4.69) is 22.6 Å². The van der Waals surface area contributed by atoms with Gasteiger partial charge in [0.1, 0.15) is 0 Å². The molecule has 1 heterocycles. The number of benzene rings is 2. The van der Waals surface area contributed by atoms with Crippen molar-refractivity contribution in [2.45, 2.75) is 43.2 Å². The zero-order valence-corrected chi connectivity index (χ0v) is 19.2. The number of hydrogen-bond donors (Lipinski definition) is 2. The summed E-state index contributed by atoms with van der Waals surface area (Å²) in [6.07, 6.45) is 2.41. The van der Waals surface area contributed by atoms with Crippen molar-refractivity contribution in [3.63, 3.8) is 0 Å². The summed E-state index contributed by atoms with van der Waals surface area (Å²) in [6.45, 7) is 3.80. The van der Waals surface area contributed by atoms with Crippen LogP contribution in [0.4, 0.5) is 10.5 Å². The molecule has 0 radical (unpaired) electrons. The van der Waals surface area contributed by atoms with Crippen molar-refractivity contribution in [1.82, 2.24) is 14.5 Å². The highest BCUT2D eigenvalue weighted by molar-refractivity contribution is 7.89. The molecule has 2 N–H and O–H groups in total. The van der Waals surface area contributed by atoms with Crippen molar-refractivity contribution in [2.75, 3.05) is 32.5 Å². The van der Waals surface area contributed by atoms with Crippen LogP contribution in [0.15, 0.2) is 59.5 Å². The van der Waals surface area contributed by atoms with E-state index in [1.807, 2.05) is 37.3 Å². The monoisotopic (exact) mass is 444 g/mol. The van der Waals surface area contributed by atoms with Gasteiger partial charge in [0.15, 0.2) is 0 Å². The van der Waals surface area contributed by atoms with E-state index in [0.29, 0.717) is 5.69 Å². The molecular weight excluding hydrogens is 412 g/mol. The first-order valence-electron chi connectivity index (χ1n) is 10.7. The number of sulfonamides is 1. The van der Waals surface area contributed by atoms with Crippen LogP contribution in [0.1, 0.15) is 37.8 Å². The summed E-state index contributed by atoms with van der Waals surface area (Å²) in [4.78, 5) is 14.9. The smallest absolute Gasteiger partial charge is 0.319 e. The second kappa shape index (κ2) is 10.3. The van der Waals surface area contributed by atoms with Gasteiger partial charge in [-0.2, -0.15) is 4.31 Å². The number of carbonyl (C=O) groups is 1. The lowest BCUT2D eigenvalue weighted by atomic mass is 10.1. The summed E-state index contributed by atoms with van der Waals surface area (Å²) in [5.41, 5.74) is 1.58. The first-order valence-corrected chi connectivity index (χ1v) is 12.1. The van der Waals surface area contributed by atoms with Crippen LogP contribution in [0, 0.1) is 0 Å². The summed E-state index contributed by atoms with van der Waals surface area (Å²) in [7, 11) is 0.129. The average Bonchev–Trinajstić information content (AvgIpc) is 2.78. The van der Waals surface area contributed by atoms with Crippen molar-refractivity contribution in [2.24, 2.45) is 0 Å². The maximum atomic E-state index is 13.0. The molecule has 168 valence electrons. The summed E-state index contributed by atoms with van der Waals surface area (Å²) in [5, 5.41) is 5.75. The Morgan fingerprint density at radius 2 is 1.71 bits per heavy atom. The third-order valence-corrected chi connectivity index (χ3v) is 7.83. The Hall–Kier alpha value is -2.42. The van der Waals surface area contributed by atoms with Crippen LogP contribution >= 0.6 is 0 Å². The molecule has 1 aliphatic heterocycles. The van der Waals surface area contributed by atoms with Gasteiger partial charge in [0.05, 0.1) is 10.9 Å². The summed E-state index contributed by atoms with van der Waals surface area (Å²) in [6, 6.07) is 15.7. The van der Waals surface area contributed by atoms with Gasteiger partial charge in [0, 0.05) is 18.8 Å². The number of piperidine rings is 1. The number of anilines is 1. The van der Waals surface area contributed by atoms with E-state index in [-0.39, 0.29) is 23.0 Å². The maximum absolute atomic E-state index is 13.0.